The Morgan fingerprint density at radius 3 is 2.22 bits per heavy atom. The predicted molar refractivity (Wildman–Crippen MR) is 75.7 cm³/mol. The zero-order valence-corrected chi connectivity index (χ0v) is 11.6. The monoisotopic (exact) mass is 246 g/mol. The number of nitrogens with zero attached hydrogens (tertiary/aromatic N) is 3. The van der Waals surface area contributed by atoms with E-state index in [1.807, 2.05) is 57.4 Å². The molecule has 0 aliphatic carbocycles. The molecule has 1 N–H and O–H groups in total. The van der Waals surface area contributed by atoms with Crippen LogP contribution in [0.15, 0.2) is 24.3 Å². The lowest BCUT2D eigenvalue weighted by Gasteiger charge is -2.16. The Balaban J connectivity index is 2.62. The van der Waals surface area contributed by atoms with Gasteiger partial charge in [0.1, 0.15) is 6.04 Å². The molecule has 0 amide bonds. The molecule has 1 unspecified atom stereocenters. The van der Waals surface area contributed by atoms with Crippen molar-refractivity contribution in [3.8, 4) is 6.07 Å². The third kappa shape index (κ3) is 4.36. The molecule has 0 fully saturated rings. The maximum Gasteiger partial charge on any atom is 0.121 e. The van der Waals surface area contributed by atoms with Crippen LogP contribution in [0.4, 0.5) is 5.69 Å². The van der Waals surface area contributed by atoms with Gasteiger partial charge in [-0.05, 0) is 31.8 Å². The molecule has 0 aromatic heterocycles. The lowest BCUT2D eigenvalue weighted by molar-refractivity contribution is 0.395. The SMILES string of the molecule is CN(C)CCNC(C#N)c1ccc(N(C)C)cc1. The minimum absolute atomic E-state index is 0.235. The first-order valence-electron chi connectivity index (χ1n) is 6.09. The number of benzene rings is 1. The first-order valence-corrected chi connectivity index (χ1v) is 6.09. The third-order valence-electron chi connectivity index (χ3n) is 2.78. The minimum Gasteiger partial charge on any atom is -0.378 e. The average molecular weight is 246 g/mol. The fourth-order valence-corrected chi connectivity index (χ4v) is 1.64. The van der Waals surface area contributed by atoms with Gasteiger partial charge in [0.15, 0.2) is 0 Å². The van der Waals surface area contributed by atoms with E-state index in [0.717, 1.165) is 24.3 Å². The molecule has 0 aliphatic rings. The van der Waals surface area contributed by atoms with Gasteiger partial charge in [-0.1, -0.05) is 12.1 Å². The van der Waals surface area contributed by atoms with Gasteiger partial charge in [-0.2, -0.15) is 5.26 Å². The summed E-state index contributed by atoms with van der Waals surface area (Å²) in [5, 5.41) is 12.4. The van der Waals surface area contributed by atoms with Crippen molar-refractivity contribution in [3.63, 3.8) is 0 Å². The van der Waals surface area contributed by atoms with E-state index in [1.165, 1.54) is 0 Å². The van der Waals surface area contributed by atoms with Crippen molar-refractivity contribution in [3.05, 3.63) is 29.8 Å². The van der Waals surface area contributed by atoms with Gasteiger partial charge in [0, 0.05) is 32.9 Å². The highest BCUT2D eigenvalue weighted by molar-refractivity contribution is 5.47. The van der Waals surface area contributed by atoms with Crippen molar-refractivity contribution in [1.82, 2.24) is 10.2 Å². The van der Waals surface area contributed by atoms with E-state index in [2.05, 4.69) is 16.3 Å². The fraction of sp³-hybridized carbons (Fsp3) is 0.500. The van der Waals surface area contributed by atoms with Crippen LogP contribution in [0, 0.1) is 11.3 Å². The van der Waals surface area contributed by atoms with Crippen molar-refractivity contribution < 1.29 is 0 Å². The predicted octanol–water partition coefficient (Wildman–Crippen LogP) is 1.47. The minimum atomic E-state index is -0.235. The van der Waals surface area contributed by atoms with E-state index in [1.54, 1.807) is 0 Å². The van der Waals surface area contributed by atoms with Crippen LogP contribution >= 0.6 is 0 Å². The second-order valence-electron chi connectivity index (χ2n) is 4.81. The first-order chi connectivity index (χ1) is 8.54. The quantitative estimate of drug-likeness (QED) is 0.825. The van der Waals surface area contributed by atoms with Crippen LogP contribution in [0.5, 0.6) is 0 Å². The van der Waals surface area contributed by atoms with Crippen LogP contribution in [-0.4, -0.2) is 46.2 Å². The molecule has 1 atom stereocenters. The van der Waals surface area contributed by atoms with E-state index in [0.29, 0.717) is 0 Å². The highest BCUT2D eigenvalue weighted by Crippen LogP contribution is 2.17. The summed E-state index contributed by atoms with van der Waals surface area (Å²) in [7, 11) is 8.06. The van der Waals surface area contributed by atoms with E-state index in [9.17, 15) is 5.26 Å². The molecule has 0 saturated heterocycles. The molecule has 4 nitrogen and oxygen atoms in total. The summed E-state index contributed by atoms with van der Waals surface area (Å²) in [6.45, 7) is 1.73. The Labute approximate surface area is 110 Å². The molecule has 18 heavy (non-hydrogen) atoms. The van der Waals surface area contributed by atoms with Crippen LogP contribution in [-0.2, 0) is 0 Å². The van der Waals surface area contributed by atoms with Crippen LogP contribution < -0.4 is 10.2 Å². The van der Waals surface area contributed by atoms with E-state index < -0.39 is 0 Å². The van der Waals surface area contributed by atoms with Crippen molar-refractivity contribution in [2.45, 2.75) is 6.04 Å². The van der Waals surface area contributed by atoms with Crippen LogP contribution in [0.1, 0.15) is 11.6 Å². The summed E-state index contributed by atoms with van der Waals surface area (Å²) < 4.78 is 0. The molecule has 0 bridgehead atoms. The number of likely N-dealkylation sites (N-methyl/N-ethyl adjacent to an activating group) is 1. The van der Waals surface area contributed by atoms with E-state index in [4.69, 9.17) is 0 Å². The number of hydrogen-bond donors (Lipinski definition) is 1. The molecular formula is C14H22N4. The Bertz CT molecular complexity index is 389. The van der Waals surface area contributed by atoms with Gasteiger partial charge in [0.05, 0.1) is 6.07 Å². The summed E-state index contributed by atoms with van der Waals surface area (Å²) in [5.74, 6) is 0. The molecule has 0 heterocycles. The molecule has 98 valence electrons. The van der Waals surface area contributed by atoms with Gasteiger partial charge in [-0.3, -0.25) is 5.32 Å². The molecular weight excluding hydrogens is 224 g/mol. The molecule has 1 aromatic carbocycles. The molecule has 1 aromatic rings. The fourth-order valence-electron chi connectivity index (χ4n) is 1.64. The topological polar surface area (TPSA) is 42.3 Å². The molecule has 0 radical (unpaired) electrons. The van der Waals surface area contributed by atoms with Crippen LogP contribution in [0.2, 0.25) is 0 Å². The number of hydrogen-bond acceptors (Lipinski definition) is 4. The van der Waals surface area contributed by atoms with E-state index >= 15 is 0 Å². The maximum atomic E-state index is 9.19. The highest BCUT2D eigenvalue weighted by Gasteiger charge is 2.09. The number of rotatable bonds is 6. The standard InChI is InChI=1S/C14H22N4/c1-17(2)10-9-16-14(11-15)12-5-7-13(8-6-12)18(3)4/h5-8,14,16H,9-10H2,1-4H3. The molecule has 4 heteroatoms. The third-order valence-corrected chi connectivity index (χ3v) is 2.78. The Morgan fingerprint density at radius 1 is 1.17 bits per heavy atom. The summed E-state index contributed by atoms with van der Waals surface area (Å²) in [6.07, 6.45) is 0. The zero-order chi connectivity index (χ0) is 13.5. The van der Waals surface area contributed by atoms with Gasteiger partial charge in [0.25, 0.3) is 0 Å². The largest absolute Gasteiger partial charge is 0.378 e. The van der Waals surface area contributed by atoms with E-state index in [-0.39, 0.29) is 6.04 Å². The Morgan fingerprint density at radius 2 is 1.78 bits per heavy atom. The normalized spacial score (nSPS) is 12.2. The van der Waals surface area contributed by atoms with Crippen molar-refractivity contribution >= 4 is 5.69 Å². The molecule has 0 spiro atoms. The smallest absolute Gasteiger partial charge is 0.121 e. The molecule has 1 rings (SSSR count). The number of anilines is 1. The molecule has 0 saturated carbocycles. The molecule has 0 aliphatic heterocycles. The summed E-state index contributed by atoms with van der Waals surface area (Å²) in [4.78, 5) is 4.14. The van der Waals surface area contributed by atoms with Crippen molar-refractivity contribution in [1.29, 1.82) is 5.26 Å². The first kappa shape index (κ1) is 14.5. The Hall–Kier alpha value is -1.57. The van der Waals surface area contributed by atoms with Crippen molar-refractivity contribution in [2.24, 2.45) is 0 Å². The zero-order valence-electron chi connectivity index (χ0n) is 11.6. The maximum absolute atomic E-state index is 9.19. The second-order valence-corrected chi connectivity index (χ2v) is 4.81. The van der Waals surface area contributed by atoms with Gasteiger partial charge in [0.2, 0.25) is 0 Å². The Kier molecular flexibility index (Phi) is 5.63. The van der Waals surface area contributed by atoms with Crippen LogP contribution in [0.25, 0.3) is 0 Å². The number of nitriles is 1. The average Bonchev–Trinajstić information content (AvgIpc) is 2.34. The summed E-state index contributed by atoms with van der Waals surface area (Å²) in [5.41, 5.74) is 2.16. The summed E-state index contributed by atoms with van der Waals surface area (Å²) >= 11 is 0. The van der Waals surface area contributed by atoms with Gasteiger partial charge in [-0.15, -0.1) is 0 Å². The van der Waals surface area contributed by atoms with Gasteiger partial charge in [-0.25, -0.2) is 0 Å². The van der Waals surface area contributed by atoms with Crippen molar-refractivity contribution in [2.75, 3.05) is 46.2 Å². The van der Waals surface area contributed by atoms with Gasteiger partial charge < -0.3 is 9.80 Å². The number of nitrogens with one attached hydrogen (secondary N) is 1. The lowest BCUT2D eigenvalue weighted by Crippen LogP contribution is -2.29. The highest BCUT2D eigenvalue weighted by atomic mass is 15.1. The summed E-state index contributed by atoms with van der Waals surface area (Å²) in [6, 6.07) is 10.1. The van der Waals surface area contributed by atoms with Gasteiger partial charge >= 0.3 is 0 Å². The van der Waals surface area contributed by atoms with Crippen LogP contribution in [0.3, 0.4) is 0 Å². The second kappa shape index (κ2) is 7.00. The lowest BCUT2D eigenvalue weighted by atomic mass is 10.1.